The zero-order valence-electron chi connectivity index (χ0n) is 5.50. The van der Waals surface area contributed by atoms with Crippen LogP contribution in [0.15, 0.2) is 27.8 Å². The predicted molar refractivity (Wildman–Crippen MR) is 51.0 cm³/mol. The summed E-state index contributed by atoms with van der Waals surface area (Å²) in [6.07, 6.45) is 1.66. The first-order valence-electron chi connectivity index (χ1n) is 3.09. The number of nitrogens with zero attached hydrogens (tertiary/aromatic N) is 1. The number of rotatable bonds is 0. The largest absolute Gasteiger partial charge is 0.345 e. The summed E-state index contributed by atoms with van der Waals surface area (Å²) in [4.78, 5) is 8.00. The smallest absolute Gasteiger partial charge is 0.103 e. The van der Waals surface area contributed by atoms with E-state index in [2.05, 4.69) is 38.5 Å². The van der Waals surface area contributed by atoms with Crippen LogP contribution >= 0.6 is 28.6 Å². The van der Waals surface area contributed by atoms with E-state index in [1.165, 1.54) is 0 Å². The van der Waals surface area contributed by atoms with Gasteiger partial charge in [0.05, 0.1) is 11.8 Å². The normalized spacial score (nSPS) is 10.7. The fourth-order valence-electron chi connectivity index (χ4n) is 0.969. The van der Waals surface area contributed by atoms with Crippen LogP contribution in [0.2, 0.25) is 0 Å². The number of H-pyrrole nitrogens is 1. The van der Waals surface area contributed by atoms with Crippen LogP contribution in [0, 0.1) is 0 Å². The molecular weight excluding hydrogens is 224 g/mol. The average molecular weight is 229 g/mol. The molecule has 1 aromatic carbocycles. The molecule has 1 heterocycles. The lowest BCUT2D eigenvalue weighted by Gasteiger charge is -1.95. The number of halogens is 1. The Labute approximate surface area is 77.6 Å². The molecule has 0 aliphatic heterocycles. The molecule has 0 spiro atoms. The van der Waals surface area contributed by atoms with Gasteiger partial charge in [-0.3, -0.25) is 0 Å². The monoisotopic (exact) mass is 228 g/mol. The van der Waals surface area contributed by atoms with E-state index in [1.807, 2.05) is 12.1 Å². The van der Waals surface area contributed by atoms with Gasteiger partial charge in [-0.15, -0.1) is 12.6 Å². The summed E-state index contributed by atoms with van der Waals surface area (Å²) < 4.78 is 0.973. The van der Waals surface area contributed by atoms with Gasteiger partial charge in [0.2, 0.25) is 0 Å². The minimum absolute atomic E-state index is 0.878. The van der Waals surface area contributed by atoms with Crippen molar-refractivity contribution in [1.82, 2.24) is 9.97 Å². The molecule has 0 saturated carbocycles. The van der Waals surface area contributed by atoms with Crippen molar-refractivity contribution < 1.29 is 0 Å². The molecule has 0 bridgehead atoms. The quantitative estimate of drug-likeness (QED) is 0.668. The van der Waals surface area contributed by atoms with Crippen molar-refractivity contribution in [3.05, 3.63) is 22.9 Å². The number of hydrogen-bond acceptors (Lipinski definition) is 2. The van der Waals surface area contributed by atoms with E-state index in [0.717, 1.165) is 20.4 Å². The second-order valence-corrected chi connectivity index (χ2v) is 3.50. The molecule has 0 saturated heterocycles. The topological polar surface area (TPSA) is 28.7 Å². The minimum atomic E-state index is 0.878. The fraction of sp³-hybridized carbons (Fsp3) is 0. The molecule has 0 fully saturated rings. The second-order valence-electron chi connectivity index (χ2n) is 2.19. The van der Waals surface area contributed by atoms with Crippen LogP contribution in [0.25, 0.3) is 11.0 Å². The molecule has 2 nitrogen and oxygen atoms in total. The van der Waals surface area contributed by atoms with Crippen molar-refractivity contribution in [2.75, 3.05) is 0 Å². The molecule has 0 amide bonds. The maximum Gasteiger partial charge on any atom is 0.103 e. The van der Waals surface area contributed by atoms with Crippen LogP contribution in [0.1, 0.15) is 0 Å². The Balaban J connectivity index is 2.93. The molecule has 0 atom stereocenters. The molecule has 0 aliphatic rings. The molecule has 0 aliphatic carbocycles. The average Bonchev–Trinajstić information content (AvgIpc) is 2.45. The van der Waals surface area contributed by atoms with Crippen LogP contribution < -0.4 is 0 Å². The molecular formula is C7H5BrN2S. The molecule has 1 aromatic heterocycles. The molecule has 2 rings (SSSR count). The number of nitrogens with one attached hydrogen (secondary N) is 1. The Kier molecular flexibility index (Phi) is 1.65. The molecule has 1 N–H and O–H groups in total. The van der Waals surface area contributed by atoms with Gasteiger partial charge >= 0.3 is 0 Å². The third-order valence-electron chi connectivity index (χ3n) is 1.52. The first kappa shape index (κ1) is 7.18. The first-order chi connectivity index (χ1) is 5.29. The standard InChI is InChI=1S/C7H5BrN2S/c8-4-1-2-5-6(7(4)11)10-3-9-5/h1-3,11H,(H,9,10). The lowest BCUT2D eigenvalue weighted by molar-refractivity contribution is 1.33. The van der Waals surface area contributed by atoms with Gasteiger partial charge < -0.3 is 4.98 Å². The van der Waals surface area contributed by atoms with Gasteiger partial charge in [-0.25, -0.2) is 4.98 Å². The van der Waals surface area contributed by atoms with Gasteiger partial charge in [0.25, 0.3) is 0 Å². The molecule has 56 valence electrons. The number of fused-ring (bicyclic) bond motifs is 1. The lowest BCUT2D eigenvalue weighted by atomic mass is 10.3. The van der Waals surface area contributed by atoms with Crippen molar-refractivity contribution in [3.8, 4) is 0 Å². The van der Waals surface area contributed by atoms with E-state index >= 15 is 0 Å². The van der Waals surface area contributed by atoms with Crippen molar-refractivity contribution in [2.24, 2.45) is 0 Å². The molecule has 4 heteroatoms. The minimum Gasteiger partial charge on any atom is -0.345 e. The third-order valence-corrected chi connectivity index (χ3v) is 2.94. The highest BCUT2D eigenvalue weighted by Gasteiger charge is 2.02. The summed E-state index contributed by atoms with van der Waals surface area (Å²) in [7, 11) is 0. The first-order valence-corrected chi connectivity index (χ1v) is 4.33. The molecule has 0 unspecified atom stereocenters. The Hall–Kier alpha value is -0.480. The van der Waals surface area contributed by atoms with Gasteiger partial charge in [0, 0.05) is 9.37 Å². The van der Waals surface area contributed by atoms with E-state index in [1.54, 1.807) is 6.33 Å². The summed E-state index contributed by atoms with van der Waals surface area (Å²) in [5.41, 5.74) is 1.92. The summed E-state index contributed by atoms with van der Waals surface area (Å²) in [5, 5.41) is 0. The Morgan fingerprint density at radius 3 is 3.09 bits per heavy atom. The van der Waals surface area contributed by atoms with E-state index < -0.39 is 0 Å². The van der Waals surface area contributed by atoms with Crippen LogP contribution in [0.3, 0.4) is 0 Å². The van der Waals surface area contributed by atoms with Gasteiger partial charge in [0.15, 0.2) is 0 Å². The number of aromatic amines is 1. The van der Waals surface area contributed by atoms with Crippen molar-refractivity contribution >= 4 is 39.6 Å². The molecule has 0 radical (unpaired) electrons. The Morgan fingerprint density at radius 2 is 2.27 bits per heavy atom. The van der Waals surface area contributed by atoms with E-state index in [9.17, 15) is 0 Å². The maximum atomic E-state index is 4.30. The third kappa shape index (κ3) is 1.06. The SMILES string of the molecule is Sc1c(Br)ccc2[nH]cnc12. The lowest BCUT2D eigenvalue weighted by Crippen LogP contribution is -1.73. The van der Waals surface area contributed by atoms with E-state index in [4.69, 9.17) is 0 Å². The number of thiol groups is 1. The van der Waals surface area contributed by atoms with Crippen molar-refractivity contribution in [3.63, 3.8) is 0 Å². The van der Waals surface area contributed by atoms with Crippen LogP contribution in [0.5, 0.6) is 0 Å². The summed E-state index contributed by atoms with van der Waals surface area (Å²) in [6, 6.07) is 3.91. The Bertz CT molecular complexity index is 396. The molecule has 11 heavy (non-hydrogen) atoms. The van der Waals surface area contributed by atoms with Gasteiger partial charge in [-0.2, -0.15) is 0 Å². The fourth-order valence-corrected chi connectivity index (χ4v) is 1.54. The van der Waals surface area contributed by atoms with Crippen molar-refractivity contribution in [1.29, 1.82) is 0 Å². The maximum absolute atomic E-state index is 4.30. The number of imidazole rings is 1. The van der Waals surface area contributed by atoms with Gasteiger partial charge in [-0.1, -0.05) is 0 Å². The highest BCUT2D eigenvalue weighted by molar-refractivity contribution is 9.10. The van der Waals surface area contributed by atoms with Gasteiger partial charge in [0.1, 0.15) is 5.52 Å². The summed E-state index contributed by atoms with van der Waals surface area (Å²) >= 11 is 7.67. The zero-order chi connectivity index (χ0) is 7.84. The summed E-state index contributed by atoms with van der Waals surface area (Å²) in [6.45, 7) is 0. The summed E-state index contributed by atoms with van der Waals surface area (Å²) in [5.74, 6) is 0. The van der Waals surface area contributed by atoms with Crippen molar-refractivity contribution in [2.45, 2.75) is 4.90 Å². The van der Waals surface area contributed by atoms with Crippen LogP contribution in [-0.4, -0.2) is 9.97 Å². The number of aromatic nitrogens is 2. The second kappa shape index (κ2) is 2.53. The van der Waals surface area contributed by atoms with Gasteiger partial charge in [-0.05, 0) is 28.1 Å². The highest BCUT2D eigenvalue weighted by atomic mass is 79.9. The zero-order valence-corrected chi connectivity index (χ0v) is 7.98. The number of benzene rings is 1. The van der Waals surface area contributed by atoms with Crippen LogP contribution in [0.4, 0.5) is 0 Å². The highest BCUT2D eigenvalue weighted by Crippen LogP contribution is 2.26. The molecule has 2 aromatic rings. The van der Waals surface area contributed by atoms with E-state index in [0.29, 0.717) is 0 Å². The predicted octanol–water partition coefficient (Wildman–Crippen LogP) is 2.61. The Morgan fingerprint density at radius 1 is 1.45 bits per heavy atom. The number of hydrogen-bond donors (Lipinski definition) is 2. The van der Waals surface area contributed by atoms with Crippen LogP contribution in [-0.2, 0) is 0 Å². The van der Waals surface area contributed by atoms with E-state index in [-0.39, 0.29) is 0 Å².